The van der Waals surface area contributed by atoms with Crippen LogP contribution in [0.5, 0.6) is 5.75 Å². The van der Waals surface area contributed by atoms with E-state index in [4.69, 9.17) is 4.74 Å². The molecule has 1 amide bonds. The first kappa shape index (κ1) is 19.0. The summed E-state index contributed by atoms with van der Waals surface area (Å²) in [6.07, 6.45) is 0. The van der Waals surface area contributed by atoms with Crippen molar-refractivity contribution in [3.63, 3.8) is 0 Å². The first-order valence-corrected chi connectivity index (χ1v) is 8.67. The fourth-order valence-electron chi connectivity index (χ4n) is 2.48. The quantitative estimate of drug-likeness (QED) is 0.604. The van der Waals surface area contributed by atoms with Crippen LogP contribution in [0.15, 0.2) is 78.9 Å². The number of benzene rings is 3. The number of esters is 1. The molecule has 0 bridgehead atoms. The average molecular weight is 376 g/mol. The molecule has 2 N–H and O–H groups in total. The van der Waals surface area contributed by atoms with Gasteiger partial charge in [-0.05, 0) is 60.7 Å². The molecule has 28 heavy (non-hydrogen) atoms. The van der Waals surface area contributed by atoms with Crippen molar-refractivity contribution < 1.29 is 19.1 Å². The largest absolute Gasteiger partial charge is 0.484 e. The van der Waals surface area contributed by atoms with E-state index >= 15 is 0 Å². The number of nitrogens with one attached hydrogen (secondary N) is 2. The van der Waals surface area contributed by atoms with Gasteiger partial charge in [0.25, 0.3) is 5.91 Å². The van der Waals surface area contributed by atoms with Gasteiger partial charge < -0.3 is 20.1 Å². The van der Waals surface area contributed by atoms with Crippen molar-refractivity contribution in [2.24, 2.45) is 0 Å². The third-order valence-electron chi connectivity index (χ3n) is 3.88. The van der Waals surface area contributed by atoms with Gasteiger partial charge in [-0.1, -0.05) is 18.2 Å². The molecule has 3 aromatic rings. The summed E-state index contributed by atoms with van der Waals surface area (Å²) in [5.74, 6) is -0.126. The monoisotopic (exact) mass is 376 g/mol. The van der Waals surface area contributed by atoms with Crippen LogP contribution in [0.2, 0.25) is 0 Å². The van der Waals surface area contributed by atoms with E-state index in [0.717, 1.165) is 11.4 Å². The molecule has 3 aromatic carbocycles. The van der Waals surface area contributed by atoms with Crippen molar-refractivity contribution >= 4 is 28.9 Å². The minimum atomic E-state index is -0.425. The Morgan fingerprint density at radius 2 is 1.39 bits per heavy atom. The topological polar surface area (TPSA) is 76.7 Å². The zero-order chi connectivity index (χ0) is 19.8. The molecule has 0 aromatic heterocycles. The highest BCUT2D eigenvalue weighted by molar-refractivity contribution is 5.93. The smallest absolute Gasteiger partial charge is 0.337 e. The second kappa shape index (κ2) is 9.23. The molecule has 0 aliphatic carbocycles. The third-order valence-corrected chi connectivity index (χ3v) is 3.88. The van der Waals surface area contributed by atoms with Crippen molar-refractivity contribution in [2.45, 2.75) is 0 Å². The van der Waals surface area contributed by atoms with Gasteiger partial charge >= 0.3 is 5.97 Å². The molecule has 3 rings (SSSR count). The fraction of sp³-hybridized carbons (Fsp3) is 0.0909. The summed E-state index contributed by atoms with van der Waals surface area (Å²) in [6, 6.07) is 23.6. The summed E-state index contributed by atoms with van der Waals surface area (Å²) in [6.45, 7) is -0.121. The number of para-hydroxylation sites is 1. The van der Waals surface area contributed by atoms with Crippen LogP contribution in [0.3, 0.4) is 0 Å². The first-order chi connectivity index (χ1) is 13.6. The lowest BCUT2D eigenvalue weighted by Crippen LogP contribution is -2.20. The summed E-state index contributed by atoms with van der Waals surface area (Å²) in [5, 5.41) is 5.99. The lowest BCUT2D eigenvalue weighted by Gasteiger charge is -2.10. The molecule has 0 saturated heterocycles. The molecule has 6 heteroatoms. The van der Waals surface area contributed by atoms with Gasteiger partial charge in [-0.3, -0.25) is 4.79 Å². The van der Waals surface area contributed by atoms with Crippen LogP contribution < -0.4 is 15.4 Å². The minimum absolute atomic E-state index is 0.121. The van der Waals surface area contributed by atoms with Crippen LogP contribution in [0, 0.1) is 0 Å². The zero-order valence-corrected chi connectivity index (χ0v) is 15.3. The number of ether oxygens (including phenoxy) is 2. The van der Waals surface area contributed by atoms with Gasteiger partial charge in [0.2, 0.25) is 0 Å². The highest BCUT2D eigenvalue weighted by Gasteiger charge is 2.07. The predicted molar refractivity (Wildman–Crippen MR) is 108 cm³/mol. The van der Waals surface area contributed by atoms with Crippen molar-refractivity contribution in [3.8, 4) is 5.75 Å². The number of rotatable bonds is 7. The summed E-state index contributed by atoms with van der Waals surface area (Å²) >= 11 is 0. The lowest BCUT2D eigenvalue weighted by atomic mass is 10.2. The maximum Gasteiger partial charge on any atom is 0.337 e. The molecule has 0 aliphatic rings. The molecule has 6 nitrogen and oxygen atoms in total. The van der Waals surface area contributed by atoms with Crippen LogP contribution in [-0.4, -0.2) is 25.6 Å². The predicted octanol–water partition coefficient (Wildman–Crippen LogP) is 4.23. The van der Waals surface area contributed by atoms with E-state index in [1.165, 1.54) is 7.11 Å². The van der Waals surface area contributed by atoms with Crippen LogP contribution >= 0.6 is 0 Å². The zero-order valence-electron chi connectivity index (χ0n) is 15.3. The normalized spacial score (nSPS) is 10.0. The summed E-state index contributed by atoms with van der Waals surface area (Å²) < 4.78 is 10.1. The van der Waals surface area contributed by atoms with E-state index in [1.54, 1.807) is 36.4 Å². The molecule has 0 atom stereocenters. The van der Waals surface area contributed by atoms with E-state index in [9.17, 15) is 9.59 Å². The maximum absolute atomic E-state index is 12.0. The Morgan fingerprint density at radius 3 is 2.04 bits per heavy atom. The van der Waals surface area contributed by atoms with Crippen molar-refractivity contribution in [1.82, 2.24) is 0 Å². The van der Waals surface area contributed by atoms with Crippen LogP contribution in [0.1, 0.15) is 10.4 Å². The highest BCUT2D eigenvalue weighted by Crippen LogP contribution is 2.20. The van der Waals surface area contributed by atoms with Gasteiger partial charge in [-0.25, -0.2) is 4.79 Å². The molecule has 0 heterocycles. The molecule has 0 fully saturated rings. The average Bonchev–Trinajstić information content (AvgIpc) is 2.74. The molecule has 0 unspecified atom stereocenters. The standard InChI is InChI=1S/C22H20N2O4/c1-27-22(26)16-7-9-19(10-8-16)24-21(25)15-28-20-13-11-18(12-14-20)23-17-5-3-2-4-6-17/h2-14,23H,15H2,1H3,(H,24,25). The molecular formula is C22H20N2O4. The number of amides is 1. The Kier molecular flexibility index (Phi) is 6.25. The lowest BCUT2D eigenvalue weighted by molar-refractivity contribution is -0.118. The maximum atomic E-state index is 12.0. The van der Waals surface area contributed by atoms with Gasteiger partial charge in [-0.2, -0.15) is 0 Å². The molecule has 0 aliphatic heterocycles. The number of hydrogen-bond donors (Lipinski definition) is 2. The second-order valence-corrected chi connectivity index (χ2v) is 5.92. The molecular weight excluding hydrogens is 356 g/mol. The van der Waals surface area contributed by atoms with Gasteiger partial charge in [0.15, 0.2) is 6.61 Å². The Balaban J connectivity index is 1.48. The Bertz CT molecular complexity index is 923. The van der Waals surface area contributed by atoms with Crippen LogP contribution in [0.4, 0.5) is 17.1 Å². The van der Waals surface area contributed by atoms with E-state index < -0.39 is 5.97 Å². The van der Waals surface area contributed by atoms with Gasteiger partial charge in [0.1, 0.15) is 5.75 Å². The summed E-state index contributed by atoms with van der Waals surface area (Å²) in [7, 11) is 1.32. The van der Waals surface area contributed by atoms with Gasteiger partial charge in [0, 0.05) is 17.1 Å². The van der Waals surface area contributed by atoms with E-state index in [-0.39, 0.29) is 12.5 Å². The number of anilines is 3. The van der Waals surface area contributed by atoms with E-state index in [2.05, 4.69) is 15.4 Å². The molecule has 0 spiro atoms. The SMILES string of the molecule is COC(=O)c1ccc(NC(=O)COc2ccc(Nc3ccccc3)cc2)cc1. The van der Waals surface area contributed by atoms with Crippen molar-refractivity contribution in [1.29, 1.82) is 0 Å². The number of hydrogen-bond acceptors (Lipinski definition) is 5. The second-order valence-electron chi connectivity index (χ2n) is 5.92. The van der Waals surface area contributed by atoms with Crippen molar-refractivity contribution in [3.05, 3.63) is 84.4 Å². The summed E-state index contributed by atoms with van der Waals surface area (Å²) in [4.78, 5) is 23.4. The molecule has 142 valence electrons. The van der Waals surface area contributed by atoms with Gasteiger partial charge in [0.05, 0.1) is 12.7 Å². The van der Waals surface area contributed by atoms with E-state index in [0.29, 0.717) is 17.0 Å². The number of carbonyl (C=O) groups is 2. The molecule has 0 radical (unpaired) electrons. The van der Waals surface area contributed by atoms with E-state index in [1.807, 2.05) is 42.5 Å². The third kappa shape index (κ3) is 5.35. The van der Waals surface area contributed by atoms with Crippen molar-refractivity contribution in [2.75, 3.05) is 24.4 Å². The minimum Gasteiger partial charge on any atom is -0.484 e. The summed E-state index contributed by atoms with van der Waals surface area (Å²) in [5.41, 5.74) is 2.91. The highest BCUT2D eigenvalue weighted by atomic mass is 16.5. The number of methoxy groups -OCH3 is 1. The van der Waals surface area contributed by atoms with Gasteiger partial charge in [-0.15, -0.1) is 0 Å². The Morgan fingerprint density at radius 1 is 0.786 bits per heavy atom. The first-order valence-electron chi connectivity index (χ1n) is 8.67. The van der Waals surface area contributed by atoms with Crippen LogP contribution in [-0.2, 0) is 9.53 Å². The van der Waals surface area contributed by atoms with Crippen LogP contribution in [0.25, 0.3) is 0 Å². The molecule has 0 saturated carbocycles. The Hall–Kier alpha value is -3.80. The number of carbonyl (C=O) groups excluding carboxylic acids is 2. The Labute approximate surface area is 163 Å². The fourth-order valence-corrected chi connectivity index (χ4v) is 2.48.